The number of rotatable bonds is 2. The molecule has 0 unspecified atom stereocenters. The van der Waals surface area contributed by atoms with E-state index in [1.54, 1.807) is 0 Å². The third-order valence-electron chi connectivity index (χ3n) is 2.74. The fourth-order valence-corrected chi connectivity index (χ4v) is 1.98. The largest absolute Gasteiger partial charge is 0.502 e. The second-order valence-corrected chi connectivity index (χ2v) is 4.43. The molecule has 0 aliphatic carbocycles. The number of nitro groups is 1. The van der Waals surface area contributed by atoms with E-state index in [2.05, 4.69) is 0 Å². The lowest BCUT2D eigenvalue weighted by atomic mass is 10.0. The lowest BCUT2D eigenvalue weighted by Crippen LogP contribution is -2.04. The molecule has 0 amide bonds. The predicted octanol–water partition coefficient (Wildman–Crippen LogP) is 4.32. The van der Waals surface area contributed by atoms with E-state index in [4.69, 9.17) is 11.6 Å². The number of phenols is 1. The fourth-order valence-electron chi connectivity index (χ4n) is 1.73. The highest BCUT2D eigenvalue weighted by Gasteiger charge is 2.29. The number of phenolic OH excluding ortho intramolecular Hbond substituents is 1. The van der Waals surface area contributed by atoms with Gasteiger partial charge < -0.3 is 5.11 Å². The zero-order chi connectivity index (χ0) is 16.8. The molecule has 0 heterocycles. The molecule has 0 atom stereocenters. The van der Waals surface area contributed by atoms with Crippen molar-refractivity contribution >= 4 is 17.3 Å². The van der Waals surface area contributed by atoms with Crippen molar-refractivity contribution in [1.29, 1.82) is 0 Å². The molecule has 116 valence electrons. The quantitative estimate of drug-likeness (QED) is 0.291. The van der Waals surface area contributed by atoms with E-state index in [1.165, 1.54) is 0 Å². The number of halogens is 6. The van der Waals surface area contributed by atoms with Gasteiger partial charge in [-0.05, 0) is 0 Å². The Morgan fingerprint density at radius 2 is 1.41 bits per heavy atom. The maximum absolute atomic E-state index is 13.7. The second kappa shape index (κ2) is 5.41. The average Bonchev–Trinajstić information content (AvgIpc) is 2.45. The number of hydrogen-bond donors (Lipinski definition) is 1. The van der Waals surface area contributed by atoms with E-state index in [9.17, 15) is 37.2 Å². The van der Waals surface area contributed by atoms with Crippen LogP contribution in [0.25, 0.3) is 11.1 Å². The highest BCUT2D eigenvalue weighted by Crippen LogP contribution is 2.40. The predicted molar refractivity (Wildman–Crippen MR) is 65.0 cm³/mol. The van der Waals surface area contributed by atoms with Crippen LogP contribution in [0.2, 0.25) is 5.02 Å². The van der Waals surface area contributed by atoms with Gasteiger partial charge in [0.1, 0.15) is 0 Å². The molecule has 2 aromatic rings. The summed E-state index contributed by atoms with van der Waals surface area (Å²) in [4.78, 5) is 9.57. The lowest BCUT2D eigenvalue weighted by Gasteiger charge is -2.10. The van der Waals surface area contributed by atoms with Gasteiger partial charge in [-0.1, -0.05) is 11.6 Å². The Kier molecular flexibility index (Phi) is 3.92. The van der Waals surface area contributed by atoms with E-state index in [1.807, 2.05) is 0 Å². The molecule has 22 heavy (non-hydrogen) atoms. The Morgan fingerprint density at radius 1 is 0.955 bits per heavy atom. The van der Waals surface area contributed by atoms with E-state index in [0.717, 1.165) is 0 Å². The Labute approximate surface area is 123 Å². The molecular weight excluding hydrogens is 337 g/mol. The highest BCUT2D eigenvalue weighted by atomic mass is 35.5. The first kappa shape index (κ1) is 16.0. The van der Waals surface area contributed by atoms with Crippen LogP contribution in [-0.4, -0.2) is 10.0 Å². The second-order valence-electron chi connectivity index (χ2n) is 4.02. The summed E-state index contributed by atoms with van der Waals surface area (Å²) in [6, 6.07) is 0.975. The first-order valence-electron chi connectivity index (χ1n) is 5.35. The van der Waals surface area contributed by atoms with Crippen molar-refractivity contribution in [2.75, 3.05) is 0 Å². The van der Waals surface area contributed by atoms with Crippen molar-refractivity contribution in [2.24, 2.45) is 0 Å². The van der Waals surface area contributed by atoms with Gasteiger partial charge in [0.15, 0.2) is 29.0 Å². The minimum Gasteiger partial charge on any atom is -0.502 e. The summed E-state index contributed by atoms with van der Waals surface area (Å²) < 4.78 is 66.7. The van der Waals surface area contributed by atoms with Gasteiger partial charge in [0.2, 0.25) is 5.82 Å². The molecule has 0 radical (unpaired) electrons. The first-order valence-corrected chi connectivity index (χ1v) is 5.73. The summed E-state index contributed by atoms with van der Waals surface area (Å²) >= 11 is 5.57. The number of aromatic hydroxyl groups is 1. The molecule has 0 saturated heterocycles. The molecule has 0 bridgehead atoms. The molecule has 1 N–H and O–H groups in total. The van der Waals surface area contributed by atoms with Gasteiger partial charge in [-0.15, -0.1) is 0 Å². The van der Waals surface area contributed by atoms with Crippen LogP contribution < -0.4 is 0 Å². The van der Waals surface area contributed by atoms with Crippen LogP contribution >= 0.6 is 11.6 Å². The van der Waals surface area contributed by atoms with Gasteiger partial charge in [0.05, 0.1) is 15.5 Å². The average molecular weight is 340 g/mol. The maximum atomic E-state index is 13.7. The molecule has 0 aromatic heterocycles. The molecular formula is C12H3ClF5NO3. The van der Waals surface area contributed by atoms with Gasteiger partial charge >= 0.3 is 5.69 Å². The maximum Gasteiger partial charge on any atom is 0.311 e. The molecule has 0 aliphatic rings. The van der Waals surface area contributed by atoms with Crippen LogP contribution in [0.3, 0.4) is 0 Å². The monoisotopic (exact) mass is 339 g/mol. The van der Waals surface area contributed by atoms with Gasteiger partial charge in [0, 0.05) is 17.7 Å². The van der Waals surface area contributed by atoms with Crippen LogP contribution in [-0.2, 0) is 0 Å². The molecule has 2 rings (SSSR count). The standard InChI is InChI=1S/C12H3ClF5NO3/c13-4-2-6(20)5(19(21)22)1-3(4)7-8(14)10(16)12(18)11(17)9(7)15/h1-2,20H. The van der Waals surface area contributed by atoms with E-state index >= 15 is 0 Å². The lowest BCUT2D eigenvalue weighted by molar-refractivity contribution is -0.385. The molecule has 2 aromatic carbocycles. The minimum absolute atomic E-state index is 0.413. The summed E-state index contributed by atoms with van der Waals surface area (Å²) in [5, 5.41) is 19.4. The van der Waals surface area contributed by atoms with Crippen LogP contribution in [0.1, 0.15) is 0 Å². The van der Waals surface area contributed by atoms with Crippen LogP contribution in [0.5, 0.6) is 5.75 Å². The zero-order valence-electron chi connectivity index (χ0n) is 10.1. The Bertz CT molecular complexity index is 783. The van der Waals surface area contributed by atoms with Crippen LogP contribution in [0, 0.1) is 39.2 Å². The van der Waals surface area contributed by atoms with Crippen molar-refractivity contribution < 1.29 is 32.0 Å². The number of nitrogens with zero attached hydrogens (tertiary/aromatic N) is 1. The van der Waals surface area contributed by atoms with Crippen molar-refractivity contribution in [3.05, 3.63) is 56.4 Å². The Morgan fingerprint density at radius 3 is 1.86 bits per heavy atom. The van der Waals surface area contributed by atoms with Gasteiger partial charge in [-0.2, -0.15) is 0 Å². The third kappa shape index (κ3) is 2.33. The number of nitro benzene ring substituents is 1. The normalized spacial score (nSPS) is 10.8. The smallest absolute Gasteiger partial charge is 0.311 e. The Hall–Kier alpha value is -2.42. The molecule has 0 aliphatic heterocycles. The van der Waals surface area contributed by atoms with Gasteiger partial charge in [-0.25, -0.2) is 22.0 Å². The van der Waals surface area contributed by atoms with E-state index in [-0.39, 0.29) is 0 Å². The third-order valence-corrected chi connectivity index (χ3v) is 3.05. The first-order chi connectivity index (χ1) is 10.2. The summed E-state index contributed by atoms with van der Waals surface area (Å²) in [5.74, 6) is -12.1. The molecule has 0 spiro atoms. The number of hydrogen-bond acceptors (Lipinski definition) is 3. The zero-order valence-corrected chi connectivity index (χ0v) is 10.9. The Balaban J connectivity index is 2.89. The SMILES string of the molecule is O=[N+]([O-])c1cc(-c2c(F)c(F)c(F)c(F)c2F)c(Cl)cc1O. The minimum atomic E-state index is -2.37. The van der Waals surface area contributed by atoms with Crippen LogP contribution in [0.15, 0.2) is 12.1 Å². The van der Waals surface area contributed by atoms with Crippen molar-refractivity contribution in [3.63, 3.8) is 0 Å². The molecule has 4 nitrogen and oxygen atoms in total. The van der Waals surface area contributed by atoms with E-state index in [0.29, 0.717) is 12.1 Å². The molecule has 0 fully saturated rings. The number of benzene rings is 2. The van der Waals surface area contributed by atoms with Crippen molar-refractivity contribution in [2.45, 2.75) is 0 Å². The topological polar surface area (TPSA) is 63.4 Å². The fraction of sp³-hybridized carbons (Fsp3) is 0. The summed E-state index contributed by atoms with van der Waals surface area (Å²) in [7, 11) is 0. The van der Waals surface area contributed by atoms with Gasteiger partial charge in [-0.3, -0.25) is 10.1 Å². The van der Waals surface area contributed by atoms with Gasteiger partial charge in [0.25, 0.3) is 0 Å². The molecule has 0 saturated carbocycles. The summed E-state index contributed by atoms with van der Waals surface area (Å²) in [5.41, 5.74) is -3.26. The van der Waals surface area contributed by atoms with Crippen LogP contribution in [0.4, 0.5) is 27.6 Å². The molecule has 10 heteroatoms. The summed E-state index contributed by atoms with van der Waals surface area (Å²) in [6.07, 6.45) is 0. The van der Waals surface area contributed by atoms with Crippen molar-refractivity contribution in [3.8, 4) is 16.9 Å². The highest BCUT2D eigenvalue weighted by molar-refractivity contribution is 6.33. The van der Waals surface area contributed by atoms with E-state index < -0.39 is 61.6 Å². The van der Waals surface area contributed by atoms with Crippen molar-refractivity contribution in [1.82, 2.24) is 0 Å². The summed E-state index contributed by atoms with van der Waals surface area (Å²) in [6.45, 7) is 0.